The summed E-state index contributed by atoms with van der Waals surface area (Å²) >= 11 is 2.75. The SMILES string of the molecule is COc1ccc(COC(=O)C2=C(C[N+]3(C)CCCC3)CS[C@@H]3[C@H](NC(=O)/C(=C\P(=O)(OC)OC)c4csc(NC(c5ccccc5)(c5ccccc5)c5ccccc5)n4)C(=O)N23)cc1.[I-]. The molecule has 0 spiro atoms. The number of methoxy groups -OCH3 is 1. The Kier molecular flexibility index (Phi) is 15.4. The van der Waals surface area contributed by atoms with Crippen molar-refractivity contribution in [2.75, 3.05) is 59.1 Å². The molecule has 1 aromatic heterocycles. The summed E-state index contributed by atoms with van der Waals surface area (Å²) in [7, 11) is 2.26. The minimum Gasteiger partial charge on any atom is -1.00 e. The molecule has 3 aliphatic heterocycles. The number of hydrogen-bond donors (Lipinski definition) is 2. The van der Waals surface area contributed by atoms with Crippen molar-refractivity contribution >= 4 is 59.2 Å². The van der Waals surface area contributed by atoms with Crippen LogP contribution >= 0.6 is 30.7 Å². The van der Waals surface area contributed by atoms with E-state index in [0.717, 1.165) is 64.1 Å². The smallest absolute Gasteiger partial charge is 0.355 e. The number of nitrogens with zero attached hydrogens (tertiary/aromatic N) is 3. The number of likely N-dealkylation sites (tertiary alicyclic amines) is 1. The fraction of sp³-hybridized carbons (Fsp3) is 0.292. The minimum atomic E-state index is -3.96. The number of halogens is 1. The minimum absolute atomic E-state index is 0. The van der Waals surface area contributed by atoms with Crippen LogP contribution in [0.15, 0.2) is 138 Å². The van der Waals surface area contributed by atoms with Crippen LogP contribution in [0.4, 0.5) is 5.13 Å². The van der Waals surface area contributed by atoms with Gasteiger partial charge in [-0.2, -0.15) is 0 Å². The first-order chi connectivity index (χ1) is 31.0. The number of thioether (sulfide) groups is 1. The van der Waals surface area contributed by atoms with Gasteiger partial charge in [0, 0.05) is 49.6 Å². The number of fused-ring (bicyclic) bond motifs is 1. The zero-order valence-electron chi connectivity index (χ0n) is 36.5. The van der Waals surface area contributed by atoms with Crippen molar-refractivity contribution in [2.45, 2.75) is 36.4 Å². The second kappa shape index (κ2) is 20.8. The number of benzene rings is 4. The molecule has 65 heavy (non-hydrogen) atoms. The lowest BCUT2D eigenvalue weighted by molar-refractivity contribution is -0.893. The molecule has 0 radical (unpaired) electrons. The Balaban J connectivity index is 0.00000630. The molecule has 4 aromatic carbocycles. The van der Waals surface area contributed by atoms with Crippen LogP contribution < -0.4 is 39.3 Å². The van der Waals surface area contributed by atoms with E-state index >= 15 is 0 Å². The number of aromatic nitrogens is 1. The molecule has 3 aliphatic rings. The lowest BCUT2D eigenvalue weighted by Gasteiger charge is -2.50. The first kappa shape index (κ1) is 48.1. The highest BCUT2D eigenvalue weighted by Crippen LogP contribution is 2.51. The molecular weight excluding hydrogens is 997 g/mol. The molecule has 2 atom stereocenters. The van der Waals surface area contributed by atoms with Crippen molar-refractivity contribution in [3.05, 3.63) is 166 Å². The van der Waals surface area contributed by atoms with E-state index in [2.05, 4.69) is 17.7 Å². The third kappa shape index (κ3) is 10.1. The fourth-order valence-electron chi connectivity index (χ4n) is 8.64. The molecule has 0 bridgehead atoms. The van der Waals surface area contributed by atoms with Crippen molar-refractivity contribution in [1.29, 1.82) is 0 Å². The Morgan fingerprint density at radius 2 is 1.45 bits per heavy atom. The number of rotatable bonds is 17. The number of carbonyl (C=O) groups is 3. The number of hydrogen-bond acceptors (Lipinski definition) is 12. The van der Waals surface area contributed by atoms with E-state index in [9.17, 15) is 18.9 Å². The van der Waals surface area contributed by atoms with Crippen molar-refractivity contribution in [1.82, 2.24) is 15.2 Å². The van der Waals surface area contributed by atoms with Crippen LogP contribution in [-0.4, -0.2) is 97.3 Å². The maximum atomic E-state index is 14.5. The number of ether oxygens (including phenoxy) is 2. The molecule has 2 saturated heterocycles. The first-order valence-electron chi connectivity index (χ1n) is 21.0. The van der Waals surface area contributed by atoms with Crippen LogP contribution in [-0.2, 0) is 44.9 Å². The average molecular weight is 1050 g/mol. The van der Waals surface area contributed by atoms with E-state index in [-0.39, 0.29) is 47.5 Å². The number of thiazole rings is 1. The number of nitrogens with one attached hydrogen (secondary N) is 2. The summed E-state index contributed by atoms with van der Waals surface area (Å²) in [5, 5.41) is 8.18. The average Bonchev–Trinajstić information content (AvgIpc) is 4.00. The summed E-state index contributed by atoms with van der Waals surface area (Å²) in [6.07, 6.45) is 2.18. The number of quaternary nitrogens is 1. The maximum Gasteiger partial charge on any atom is 0.355 e. The van der Waals surface area contributed by atoms with Gasteiger partial charge in [0.25, 0.3) is 11.8 Å². The summed E-state index contributed by atoms with van der Waals surface area (Å²) in [5.74, 6) is 0.529. The molecule has 2 N–H and O–H groups in total. The molecule has 5 aromatic rings. The molecule has 0 aliphatic carbocycles. The zero-order valence-corrected chi connectivity index (χ0v) is 41.2. The molecule has 17 heteroatoms. The van der Waals surface area contributed by atoms with Gasteiger partial charge in [-0.3, -0.25) is 19.1 Å². The van der Waals surface area contributed by atoms with E-state index in [0.29, 0.717) is 23.2 Å². The Bertz CT molecular complexity index is 2490. The quantitative estimate of drug-likeness (QED) is 0.0247. The van der Waals surface area contributed by atoms with Gasteiger partial charge >= 0.3 is 13.6 Å². The summed E-state index contributed by atoms with van der Waals surface area (Å²) in [6.45, 7) is 2.55. The van der Waals surface area contributed by atoms with Gasteiger partial charge in [0.05, 0.1) is 38.5 Å². The normalized spacial score (nSPS) is 18.2. The summed E-state index contributed by atoms with van der Waals surface area (Å²) in [4.78, 5) is 49.2. The van der Waals surface area contributed by atoms with Gasteiger partial charge in [-0.1, -0.05) is 103 Å². The number of likely N-dealkylation sites (N-methyl/N-ethyl adjacent to an activating group) is 1. The third-order valence-corrected chi connectivity index (χ3v) is 15.7. The van der Waals surface area contributed by atoms with E-state index in [4.69, 9.17) is 23.5 Å². The number of esters is 1. The van der Waals surface area contributed by atoms with Gasteiger partial charge in [-0.25, -0.2) is 9.78 Å². The molecular formula is C48H51IN5O8PS2. The van der Waals surface area contributed by atoms with Gasteiger partial charge in [-0.05, 0) is 34.4 Å². The maximum absolute atomic E-state index is 14.5. The van der Waals surface area contributed by atoms with Crippen LogP contribution in [0.25, 0.3) is 5.57 Å². The topological polar surface area (TPSA) is 145 Å². The van der Waals surface area contributed by atoms with Crippen LogP contribution in [0, 0.1) is 0 Å². The van der Waals surface area contributed by atoms with Gasteiger partial charge < -0.3 is 57.6 Å². The summed E-state index contributed by atoms with van der Waals surface area (Å²) < 4.78 is 36.2. The van der Waals surface area contributed by atoms with Crippen molar-refractivity contribution < 1.29 is 65.9 Å². The van der Waals surface area contributed by atoms with Crippen LogP contribution in [0.3, 0.4) is 0 Å². The van der Waals surface area contributed by atoms with Crippen LogP contribution in [0.1, 0.15) is 40.8 Å². The second-order valence-corrected chi connectivity index (χ2v) is 20.2. The van der Waals surface area contributed by atoms with E-state index < -0.39 is 42.3 Å². The summed E-state index contributed by atoms with van der Waals surface area (Å²) in [6, 6.07) is 36.3. The van der Waals surface area contributed by atoms with Crippen molar-refractivity contribution in [2.24, 2.45) is 0 Å². The largest absolute Gasteiger partial charge is 1.00 e. The van der Waals surface area contributed by atoms with Crippen molar-refractivity contribution in [3.63, 3.8) is 0 Å². The molecule has 2 fully saturated rings. The molecule has 4 heterocycles. The first-order valence-corrected chi connectivity index (χ1v) is 24.5. The molecule has 13 nitrogen and oxygen atoms in total. The highest BCUT2D eigenvalue weighted by Gasteiger charge is 2.55. The summed E-state index contributed by atoms with van der Waals surface area (Å²) in [5.41, 5.74) is 3.88. The number of anilines is 1. The predicted molar refractivity (Wildman–Crippen MR) is 249 cm³/mol. The molecule has 0 unspecified atom stereocenters. The predicted octanol–water partition coefficient (Wildman–Crippen LogP) is 5.02. The Morgan fingerprint density at radius 3 is 1.98 bits per heavy atom. The fourth-order valence-corrected chi connectivity index (χ4v) is 11.7. The monoisotopic (exact) mass is 1050 g/mol. The lowest BCUT2D eigenvalue weighted by atomic mass is 9.77. The molecule has 340 valence electrons. The third-order valence-electron chi connectivity index (χ3n) is 12.0. The number of carbonyl (C=O) groups excluding carboxylic acids is 3. The number of β-lactam (4-membered cyclic amide) rings is 1. The second-order valence-electron chi connectivity index (χ2n) is 16.1. The Hall–Kier alpha value is -4.81. The Morgan fingerprint density at radius 1 is 0.877 bits per heavy atom. The van der Waals surface area contributed by atoms with Crippen LogP contribution in [0.2, 0.25) is 0 Å². The van der Waals surface area contributed by atoms with Crippen LogP contribution in [0.5, 0.6) is 5.75 Å². The number of amides is 2. The van der Waals surface area contributed by atoms with Gasteiger partial charge in [-0.15, -0.1) is 23.1 Å². The molecule has 2 amide bonds. The van der Waals surface area contributed by atoms with Gasteiger partial charge in [0.15, 0.2) is 5.13 Å². The zero-order chi connectivity index (χ0) is 44.9. The Labute approximate surface area is 404 Å². The van der Waals surface area contributed by atoms with E-state index in [1.54, 1.807) is 24.6 Å². The van der Waals surface area contributed by atoms with E-state index in [1.165, 1.54) is 42.2 Å². The van der Waals surface area contributed by atoms with E-state index in [1.807, 2.05) is 103 Å². The van der Waals surface area contributed by atoms with Gasteiger partial charge in [0.1, 0.15) is 41.6 Å². The molecule has 8 rings (SSSR count). The highest BCUT2D eigenvalue weighted by molar-refractivity contribution is 8.00. The van der Waals surface area contributed by atoms with Gasteiger partial charge in [0.2, 0.25) is 0 Å². The standard InChI is InChI=1S/C48H50N5O8PS2.HI/c1-53(26-14-15-27-53)28-34-31-63-45-41(44(55)52(45)42(34)46(56)61-29-33-22-24-38(58-2)25-23-33)50-43(54)39(30-62(57,59-3)60-4)40-32-64-47(49-40)51-48(35-16-8-5-9-17-35,36-18-10-6-11-19-36)37-20-12-7-13-21-37;/h5-13,16-25,30,32,41,45H,14-15,26-29,31H2,1-4H3,(H-,49,50,51,54);1H/b39-30-;/t41-,45-;/m1./s1. The lowest BCUT2D eigenvalue weighted by Crippen LogP contribution is -3.00. The molecule has 0 saturated carbocycles. The highest BCUT2D eigenvalue weighted by atomic mass is 127. The van der Waals surface area contributed by atoms with Crippen molar-refractivity contribution in [3.8, 4) is 5.75 Å².